The smallest absolute Gasteiger partial charge is 0.305 e. The van der Waals surface area contributed by atoms with Gasteiger partial charge in [-0.05, 0) is 67.1 Å². The van der Waals surface area contributed by atoms with Gasteiger partial charge in [-0.25, -0.2) is 0 Å². The van der Waals surface area contributed by atoms with Gasteiger partial charge < -0.3 is 9.64 Å². The molecule has 1 aliphatic rings. The van der Waals surface area contributed by atoms with Gasteiger partial charge in [0.2, 0.25) is 0 Å². The molecule has 0 unspecified atom stereocenters. The van der Waals surface area contributed by atoms with Crippen molar-refractivity contribution >= 4 is 47.0 Å². The highest BCUT2D eigenvalue weighted by Gasteiger charge is 2.33. The molecule has 0 saturated carbocycles. The third-order valence-electron chi connectivity index (χ3n) is 5.96. The summed E-state index contributed by atoms with van der Waals surface area (Å²) in [6.07, 6.45) is 2.44. The van der Waals surface area contributed by atoms with Crippen molar-refractivity contribution in [3.8, 4) is 0 Å². The Balaban J connectivity index is 1.44. The van der Waals surface area contributed by atoms with E-state index >= 15 is 0 Å². The summed E-state index contributed by atoms with van der Waals surface area (Å²) in [4.78, 5) is 32.5. The number of carbonyl (C=O) groups is 2. The van der Waals surface area contributed by atoms with Crippen molar-refractivity contribution in [2.24, 2.45) is 4.99 Å². The first kappa shape index (κ1) is 23.8. The molecular formula is C31H25N3O3. The summed E-state index contributed by atoms with van der Waals surface area (Å²) in [6.45, 7) is 2.24. The summed E-state index contributed by atoms with van der Waals surface area (Å²) in [5.41, 5.74) is 4.77. The number of likely N-dealkylation sites (N-methyl/N-ethyl adjacent to an activating group) is 1. The van der Waals surface area contributed by atoms with Gasteiger partial charge in [0.15, 0.2) is 12.0 Å². The quantitative estimate of drug-likeness (QED) is 0.211. The lowest BCUT2D eigenvalue weighted by Crippen LogP contribution is -2.29. The number of amidine groups is 1. The Bertz CT molecular complexity index is 1420. The maximum absolute atomic E-state index is 13.0. The molecule has 0 aliphatic carbocycles. The fourth-order valence-electron chi connectivity index (χ4n) is 4.13. The van der Waals surface area contributed by atoms with Crippen molar-refractivity contribution in [1.82, 2.24) is 4.90 Å². The third kappa shape index (κ3) is 5.04. The molecule has 0 aromatic heterocycles. The molecule has 1 heterocycles. The summed E-state index contributed by atoms with van der Waals surface area (Å²) in [7, 11) is 0. The highest BCUT2D eigenvalue weighted by molar-refractivity contribution is 6.12. The van der Waals surface area contributed by atoms with Gasteiger partial charge in [-0.2, -0.15) is 4.99 Å². The van der Waals surface area contributed by atoms with Gasteiger partial charge in [0, 0.05) is 29.2 Å². The van der Waals surface area contributed by atoms with Crippen LogP contribution in [0.15, 0.2) is 120 Å². The molecule has 37 heavy (non-hydrogen) atoms. The van der Waals surface area contributed by atoms with E-state index in [0.29, 0.717) is 17.8 Å². The van der Waals surface area contributed by atoms with Crippen LogP contribution in [0.1, 0.15) is 22.8 Å². The SMILES string of the molecule is CCN1C(=O)/C(=C\c2ccc(N(c3ccccc3)c3ccccc3)cc2)OC1=Nc1ccccc1C=O. The van der Waals surface area contributed by atoms with Crippen molar-refractivity contribution < 1.29 is 14.3 Å². The van der Waals surface area contributed by atoms with Crippen LogP contribution >= 0.6 is 0 Å². The summed E-state index contributed by atoms with van der Waals surface area (Å²) in [5, 5.41) is 0. The van der Waals surface area contributed by atoms with E-state index < -0.39 is 0 Å². The van der Waals surface area contributed by atoms with Crippen molar-refractivity contribution in [3.63, 3.8) is 0 Å². The molecule has 4 aromatic carbocycles. The fourth-order valence-corrected chi connectivity index (χ4v) is 4.13. The molecule has 1 aliphatic heterocycles. The van der Waals surface area contributed by atoms with Crippen LogP contribution in [-0.2, 0) is 9.53 Å². The van der Waals surface area contributed by atoms with E-state index in [0.717, 1.165) is 28.9 Å². The number of amides is 1. The zero-order valence-corrected chi connectivity index (χ0v) is 20.3. The number of nitrogens with zero attached hydrogens (tertiary/aromatic N) is 3. The van der Waals surface area contributed by atoms with Crippen molar-refractivity contribution in [1.29, 1.82) is 0 Å². The Morgan fingerprint density at radius 1 is 0.784 bits per heavy atom. The molecule has 6 heteroatoms. The largest absolute Gasteiger partial charge is 0.419 e. The Kier molecular flexibility index (Phi) is 6.90. The van der Waals surface area contributed by atoms with Gasteiger partial charge in [0.05, 0.1) is 5.69 Å². The van der Waals surface area contributed by atoms with Crippen LogP contribution in [0, 0.1) is 0 Å². The zero-order valence-electron chi connectivity index (χ0n) is 20.3. The molecule has 4 aromatic rings. The summed E-state index contributed by atoms with van der Waals surface area (Å²) >= 11 is 0. The maximum Gasteiger partial charge on any atom is 0.305 e. The number of hydrogen-bond donors (Lipinski definition) is 0. The second-order valence-electron chi connectivity index (χ2n) is 8.33. The number of hydrogen-bond acceptors (Lipinski definition) is 5. The molecule has 0 N–H and O–H groups in total. The molecule has 1 amide bonds. The second-order valence-corrected chi connectivity index (χ2v) is 8.33. The van der Waals surface area contributed by atoms with Crippen LogP contribution in [0.2, 0.25) is 0 Å². The molecule has 0 radical (unpaired) electrons. The van der Waals surface area contributed by atoms with Crippen LogP contribution in [0.5, 0.6) is 0 Å². The lowest BCUT2D eigenvalue weighted by atomic mass is 10.1. The lowest BCUT2D eigenvalue weighted by molar-refractivity contribution is -0.122. The van der Waals surface area contributed by atoms with Crippen molar-refractivity contribution in [2.45, 2.75) is 6.92 Å². The summed E-state index contributed by atoms with van der Waals surface area (Å²) in [6, 6.07) is 35.3. The number of anilines is 3. The van der Waals surface area contributed by atoms with E-state index in [1.54, 1.807) is 30.3 Å². The second kappa shape index (κ2) is 10.7. The first-order valence-corrected chi connectivity index (χ1v) is 12.0. The minimum Gasteiger partial charge on any atom is -0.419 e. The standard InChI is InChI=1S/C31H25N3O3/c1-2-33-30(36)29(37-31(33)32-28-16-10-9-11-24(28)22-35)21-23-17-19-27(20-18-23)34(25-12-5-3-6-13-25)26-14-7-4-8-15-26/h3-22H,2H2,1H3/b29-21+,32-31?. The maximum atomic E-state index is 13.0. The average molecular weight is 488 g/mol. The van der Waals surface area contributed by atoms with E-state index in [1.807, 2.05) is 67.6 Å². The number of benzene rings is 4. The Labute approximate surface area is 215 Å². The Morgan fingerprint density at radius 3 is 1.95 bits per heavy atom. The first-order chi connectivity index (χ1) is 18.2. The van der Waals surface area contributed by atoms with Gasteiger partial charge >= 0.3 is 6.02 Å². The molecule has 1 saturated heterocycles. The van der Waals surface area contributed by atoms with Gasteiger partial charge in [-0.1, -0.05) is 60.7 Å². The topological polar surface area (TPSA) is 62.2 Å². The summed E-state index contributed by atoms with van der Waals surface area (Å²) < 4.78 is 5.86. The van der Waals surface area contributed by atoms with Gasteiger partial charge in [-0.15, -0.1) is 0 Å². The lowest BCUT2D eigenvalue weighted by Gasteiger charge is -2.25. The predicted molar refractivity (Wildman–Crippen MR) is 146 cm³/mol. The zero-order chi connectivity index (χ0) is 25.6. The highest BCUT2D eigenvalue weighted by atomic mass is 16.5. The Hall–Kier alpha value is -4.97. The highest BCUT2D eigenvalue weighted by Crippen LogP contribution is 2.34. The van der Waals surface area contributed by atoms with E-state index in [1.165, 1.54) is 4.90 Å². The van der Waals surface area contributed by atoms with Gasteiger partial charge in [0.25, 0.3) is 5.91 Å². The number of aliphatic imine (C=N–C) groups is 1. The molecule has 0 spiro atoms. The molecule has 5 rings (SSSR count). The predicted octanol–water partition coefficient (Wildman–Crippen LogP) is 6.88. The number of rotatable bonds is 7. The number of para-hydroxylation sites is 3. The number of aldehydes is 1. The third-order valence-corrected chi connectivity index (χ3v) is 5.96. The molecule has 6 nitrogen and oxygen atoms in total. The van der Waals surface area contributed by atoms with Gasteiger partial charge in [0.1, 0.15) is 0 Å². The van der Waals surface area contributed by atoms with Crippen molar-refractivity contribution in [2.75, 3.05) is 11.4 Å². The average Bonchev–Trinajstić information content (AvgIpc) is 3.24. The Morgan fingerprint density at radius 2 is 1.35 bits per heavy atom. The van der Waals surface area contributed by atoms with E-state index in [2.05, 4.69) is 34.2 Å². The first-order valence-electron chi connectivity index (χ1n) is 12.0. The van der Waals surface area contributed by atoms with E-state index in [9.17, 15) is 9.59 Å². The normalized spacial score (nSPS) is 15.2. The summed E-state index contributed by atoms with van der Waals surface area (Å²) in [5.74, 6) is -0.0935. The molecule has 0 bridgehead atoms. The van der Waals surface area contributed by atoms with Crippen LogP contribution < -0.4 is 4.90 Å². The molecule has 1 fully saturated rings. The van der Waals surface area contributed by atoms with Crippen LogP contribution in [0.3, 0.4) is 0 Å². The van der Waals surface area contributed by atoms with E-state index in [4.69, 9.17) is 4.74 Å². The monoisotopic (exact) mass is 487 g/mol. The van der Waals surface area contributed by atoms with Crippen LogP contribution in [0.4, 0.5) is 22.7 Å². The van der Waals surface area contributed by atoms with Crippen LogP contribution in [0.25, 0.3) is 6.08 Å². The van der Waals surface area contributed by atoms with E-state index in [-0.39, 0.29) is 17.7 Å². The van der Waals surface area contributed by atoms with Crippen molar-refractivity contribution in [3.05, 3.63) is 126 Å². The molecule has 182 valence electrons. The number of ether oxygens (including phenoxy) is 1. The van der Waals surface area contributed by atoms with Crippen LogP contribution in [-0.4, -0.2) is 29.7 Å². The minimum atomic E-state index is -0.274. The van der Waals surface area contributed by atoms with Gasteiger partial charge in [-0.3, -0.25) is 14.5 Å². The molecule has 0 atom stereocenters. The molecular weight excluding hydrogens is 462 g/mol. The minimum absolute atomic E-state index is 0.156. The number of carbonyl (C=O) groups excluding carboxylic acids is 2. The fraction of sp³-hybridized carbons (Fsp3) is 0.0645.